The van der Waals surface area contributed by atoms with Crippen LogP contribution in [-0.2, 0) is 4.79 Å². The smallest absolute Gasteiger partial charge is 0.269 e. The fourth-order valence-corrected chi connectivity index (χ4v) is 4.83. The molecule has 0 radical (unpaired) electrons. The normalized spacial score (nSPS) is 26.9. The van der Waals surface area contributed by atoms with Gasteiger partial charge in [0.1, 0.15) is 0 Å². The third-order valence-electron chi connectivity index (χ3n) is 5.24. The van der Waals surface area contributed by atoms with Crippen molar-refractivity contribution in [2.75, 3.05) is 5.75 Å². The Kier molecular flexibility index (Phi) is 4.90. The first-order valence-electron chi connectivity index (χ1n) is 8.19. The van der Waals surface area contributed by atoms with Gasteiger partial charge >= 0.3 is 0 Å². The number of non-ortho nitro benzene ring substituents is 1. The van der Waals surface area contributed by atoms with Gasteiger partial charge in [-0.3, -0.25) is 14.9 Å². The summed E-state index contributed by atoms with van der Waals surface area (Å²) in [6.45, 7) is 2.12. The summed E-state index contributed by atoms with van der Waals surface area (Å²) in [5.41, 5.74) is 0.0729. The van der Waals surface area contributed by atoms with E-state index in [9.17, 15) is 14.9 Å². The summed E-state index contributed by atoms with van der Waals surface area (Å²) in [5, 5.41) is 13.8. The molecule has 124 valence electrons. The second-order valence-corrected chi connectivity index (χ2v) is 7.78. The molecule has 1 N–H and O–H groups in total. The molecular formula is C17H22N2O3S. The molecule has 2 aliphatic carbocycles. The first-order valence-corrected chi connectivity index (χ1v) is 9.18. The number of nitrogens with zero attached hydrogens (tertiary/aromatic N) is 1. The second kappa shape index (κ2) is 6.91. The van der Waals surface area contributed by atoms with Crippen LogP contribution in [0, 0.1) is 27.9 Å². The van der Waals surface area contributed by atoms with Gasteiger partial charge in [0.2, 0.25) is 5.91 Å². The van der Waals surface area contributed by atoms with Crippen molar-refractivity contribution in [3.63, 3.8) is 0 Å². The fourth-order valence-electron chi connectivity index (χ4n) is 4.12. The zero-order valence-electron chi connectivity index (χ0n) is 13.2. The van der Waals surface area contributed by atoms with Crippen molar-refractivity contribution in [2.45, 2.75) is 43.5 Å². The summed E-state index contributed by atoms with van der Waals surface area (Å²) in [6, 6.07) is 6.57. The van der Waals surface area contributed by atoms with Crippen LogP contribution in [0.1, 0.15) is 32.6 Å². The topological polar surface area (TPSA) is 72.2 Å². The molecule has 4 unspecified atom stereocenters. The third-order valence-corrected chi connectivity index (χ3v) is 6.25. The number of amides is 1. The highest BCUT2D eigenvalue weighted by atomic mass is 32.2. The number of fused-ring (bicyclic) bond motifs is 2. The van der Waals surface area contributed by atoms with Crippen molar-refractivity contribution in [1.82, 2.24) is 5.32 Å². The van der Waals surface area contributed by atoms with Gasteiger partial charge in [0.05, 0.1) is 10.7 Å². The Morgan fingerprint density at radius 3 is 2.65 bits per heavy atom. The maximum atomic E-state index is 12.1. The highest BCUT2D eigenvalue weighted by molar-refractivity contribution is 8.00. The lowest BCUT2D eigenvalue weighted by Crippen LogP contribution is -2.40. The van der Waals surface area contributed by atoms with Crippen LogP contribution >= 0.6 is 11.8 Å². The largest absolute Gasteiger partial charge is 0.353 e. The number of nitro groups is 1. The van der Waals surface area contributed by atoms with Gasteiger partial charge in [0.25, 0.3) is 5.69 Å². The number of hydrogen-bond donors (Lipinski definition) is 1. The van der Waals surface area contributed by atoms with Gasteiger partial charge in [-0.25, -0.2) is 0 Å². The van der Waals surface area contributed by atoms with E-state index in [-0.39, 0.29) is 17.6 Å². The molecule has 4 atom stereocenters. The van der Waals surface area contributed by atoms with Crippen molar-refractivity contribution >= 4 is 23.4 Å². The minimum absolute atomic E-state index is 0.0450. The molecule has 0 aliphatic heterocycles. The number of nitro benzene ring substituents is 1. The van der Waals surface area contributed by atoms with Crippen molar-refractivity contribution in [3.05, 3.63) is 34.4 Å². The SMILES string of the molecule is CC(NC(=O)CSc1ccc([N+](=O)[O-])cc1)C1CC2CCC1C2. The molecule has 1 aromatic rings. The van der Waals surface area contributed by atoms with E-state index in [0.29, 0.717) is 11.7 Å². The number of nitrogens with one attached hydrogen (secondary N) is 1. The van der Waals surface area contributed by atoms with Gasteiger partial charge in [-0.15, -0.1) is 11.8 Å². The molecule has 23 heavy (non-hydrogen) atoms. The summed E-state index contributed by atoms with van der Waals surface area (Å²) in [6.07, 6.45) is 5.31. The number of hydrogen-bond acceptors (Lipinski definition) is 4. The molecule has 3 rings (SSSR count). The molecule has 2 aliphatic rings. The molecule has 6 heteroatoms. The molecule has 1 aromatic carbocycles. The molecule has 2 saturated carbocycles. The van der Waals surface area contributed by atoms with E-state index in [1.807, 2.05) is 0 Å². The quantitative estimate of drug-likeness (QED) is 0.490. The van der Waals surface area contributed by atoms with E-state index >= 15 is 0 Å². The van der Waals surface area contributed by atoms with E-state index in [1.54, 1.807) is 12.1 Å². The van der Waals surface area contributed by atoms with E-state index in [4.69, 9.17) is 0 Å². The Labute approximate surface area is 140 Å². The van der Waals surface area contributed by atoms with Crippen LogP contribution in [0.15, 0.2) is 29.2 Å². The lowest BCUT2D eigenvalue weighted by Gasteiger charge is -2.28. The van der Waals surface area contributed by atoms with Crippen LogP contribution < -0.4 is 5.32 Å². The van der Waals surface area contributed by atoms with Gasteiger partial charge in [0.15, 0.2) is 0 Å². The van der Waals surface area contributed by atoms with Gasteiger partial charge in [0, 0.05) is 23.1 Å². The zero-order chi connectivity index (χ0) is 16.4. The van der Waals surface area contributed by atoms with Gasteiger partial charge in [-0.1, -0.05) is 6.42 Å². The Hall–Kier alpha value is -1.56. The predicted molar refractivity (Wildman–Crippen MR) is 90.4 cm³/mol. The monoisotopic (exact) mass is 334 g/mol. The Balaban J connectivity index is 1.45. The number of thioether (sulfide) groups is 1. The number of rotatable bonds is 6. The van der Waals surface area contributed by atoms with Gasteiger partial charge in [-0.05, 0) is 56.1 Å². The van der Waals surface area contributed by atoms with Crippen LogP contribution in [0.5, 0.6) is 0 Å². The van der Waals surface area contributed by atoms with Crippen molar-refractivity contribution in [2.24, 2.45) is 17.8 Å². The van der Waals surface area contributed by atoms with Gasteiger partial charge < -0.3 is 5.32 Å². The third kappa shape index (κ3) is 3.86. The summed E-state index contributed by atoms with van der Waals surface area (Å²) < 4.78 is 0. The van der Waals surface area contributed by atoms with Gasteiger partial charge in [-0.2, -0.15) is 0 Å². The van der Waals surface area contributed by atoms with Crippen LogP contribution in [0.3, 0.4) is 0 Å². The minimum atomic E-state index is -0.419. The van der Waals surface area contributed by atoms with Crippen LogP contribution in [-0.4, -0.2) is 22.6 Å². The van der Waals surface area contributed by atoms with E-state index in [0.717, 1.165) is 16.7 Å². The van der Waals surface area contributed by atoms with E-state index in [2.05, 4.69) is 12.2 Å². The number of carbonyl (C=O) groups excluding carboxylic acids is 1. The summed E-state index contributed by atoms with van der Waals surface area (Å²) in [4.78, 5) is 23.2. The van der Waals surface area contributed by atoms with E-state index in [1.165, 1.54) is 49.6 Å². The van der Waals surface area contributed by atoms with Crippen molar-refractivity contribution < 1.29 is 9.72 Å². The lowest BCUT2D eigenvalue weighted by molar-refractivity contribution is -0.384. The minimum Gasteiger partial charge on any atom is -0.353 e. The van der Waals surface area contributed by atoms with Crippen LogP contribution in [0.2, 0.25) is 0 Å². The number of carbonyl (C=O) groups is 1. The highest BCUT2D eigenvalue weighted by Crippen LogP contribution is 2.49. The summed E-state index contributed by atoms with van der Waals surface area (Å²) in [5.74, 6) is 2.73. The number of benzene rings is 1. The second-order valence-electron chi connectivity index (χ2n) is 6.73. The molecule has 2 bridgehead atoms. The summed E-state index contributed by atoms with van der Waals surface area (Å²) >= 11 is 1.41. The summed E-state index contributed by atoms with van der Waals surface area (Å²) in [7, 11) is 0. The zero-order valence-corrected chi connectivity index (χ0v) is 14.1. The Bertz CT molecular complexity index is 590. The predicted octanol–water partition coefficient (Wildman–Crippen LogP) is 3.63. The van der Waals surface area contributed by atoms with Crippen molar-refractivity contribution in [3.8, 4) is 0 Å². The average molecular weight is 334 g/mol. The molecular weight excluding hydrogens is 312 g/mol. The molecule has 1 amide bonds. The van der Waals surface area contributed by atoms with Crippen molar-refractivity contribution in [1.29, 1.82) is 0 Å². The molecule has 0 spiro atoms. The standard InChI is InChI=1S/C17H22N2O3S/c1-11(16-9-12-2-3-13(16)8-12)18-17(20)10-23-15-6-4-14(5-7-15)19(21)22/h4-7,11-13,16H,2-3,8-10H2,1H3,(H,18,20). The molecule has 5 nitrogen and oxygen atoms in total. The average Bonchev–Trinajstić information content (AvgIpc) is 3.16. The molecule has 0 heterocycles. The van der Waals surface area contributed by atoms with Crippen LogP contribution in [0.4, 0.5) is 5.69 Å². The van der Waals surface area contributed by atoms with Crippen LogP contribution in [0.25, 0.3) is 0 Å². The maximum Gasteiger partial charge on any atom is 0.269 e. The molecule has 2 fully saturated rings. The maximum absolute atomic E-state index is 12.1. The Morgan fingerprint density at radius 1 is 1.35 bits per heavy atom. The lowest BCUT2D eigenvalue weighted by atomic mass is 9.84. The first-order chi connectivity index (χ1) is 11.0. The first kappa shape index (κ1) is 16.3. The Morgan fingerprint density at radius 2 is 2.09 bits per heavy atom. The fraction of sp³-hybridized carbons (Fsp3) is 0.588. The molecule has 0 saturated heterocycles. The van der Waals surface area contributed by atoms with E-state index < -0.39 is 4.92 Å². The highest BCUT2D eigenvalue weighted by Gasteiger charge is 2.42. The molecule has 0 aromatic heterocycles.